The number of hydrogen-bond donors (Lipinski definition) is 2. The monoisotopic (exact) mass is 445 g/mol. The van der Waals surface area contributed by atoms with Crippen molar-refractivity contribution >= 4 is 23.9 Å². The lowest BCUT2D eigenvalue weighted by Gasteiger charge is -2.26. The minimum atomic E-state index is -0.923. The third-order valence-corrected chi connectivity index (χ3v) is 3.89. The fourth-order valence-corrected chi connectivity index (χ4v) is 2.48. The first-order valence-electron chi connectivity index (χ1n) is 9.87. The Labute approximate surface area is 185 Å². The minimum Gasteiger partial charge on any atom is -0.444 e. The summed E-state index contributed by atoms with van der Waals surface area (Å²) in [7, 11) is 0. The molecule has 2 rings (SSSR count). The Morgan fingerprint density at radius 3 is 2.44 bits per heavy atom. The van der Waals surface area contributed by atoms with Gasteiger partial charge in [-0.15, -0.1) is 0 Å². The van der Waals surface area contributed by atoms with Crippen molar-refractivity contribution in [2.75, 3.05) is 25.0 Å². The van der Waals surface area contributed by atoms with Crippen LogP contribution in [0.25, 0.3) is 0 Å². The van der Waals surface area contributed by atoms with Crippen LogP contribution < -0.4 is 16.7 Å². The second kappa shape index (κ2) is 11.0. The van der Waals surface area contributed by atoms with Crippen molar-refractivity contribution in [3.63, 3.8) is 0 Å². The topological polar surface area (TPSA) is 146 Å². The van der Waals surface area contributed by atoms with Crippen LogP contribution in [0.2, 0.25) is 0 Å². The number of carbonyl (C=O) groups excluding carboxylic acids is 3. The van der Waals surface area contributed by atoms with Gasteiger partial charge in [0.15, 0.2) is 0 Å². The summed E-state index contributed by atoms with van der Waals surface area (Å²) in [4.78, 5) is 53.7. The number of nitrogens with one attached hydrogen (secondary N) is 1. The molecule has 0 fully saturated rings. The number of ether oxygens (including phenoxy) is 2. The van der Waals surface area contributed by atoms with Crippen LogP contribution in [0.1, 0.15) is 31.1 Å². The Morgan fingerprint density at radius 2 is 1.84 bits per heavy atom. The van der Waals surface area contributed by atoms with Crippen LogP contribution in [0, 0.1) is 0 Å². The zero-order chi connectivity index (χ0) is 23.7. The maximum absolute atomic E-state index is 12.5. The highest BCUT2D eigenvalue weighted by molar-refractivity contribution is 5.85. The van der Waals surface area contributed by atoms with Gasteiger partial charge in [0.05, 0.1) is 0 Å². The zero-order valence-corrected chi connectivity index (χ0v) is 18.2. The molecule has 0 unspecified atom stereocenters. The summed E-state index contributed by atoms with van der Waals surface area (Å²) in [6.07, 6.45) is -0.374. The van der Waals surface area contributed by atoms with Crippen LogP contribution in [-0.2, 0) is 16.1 Å². The molecular formula is C21H27N5O6. The first kappa shape index (κ1) is 24.5. The van der Waals surface area contributed by atoms with E-state index < -0.39 is 35.9 Å². The van der Waals surface area contributed by atoms with Crippen molar-refractivity contribution in [3.05, 3.63) is 58.6 Å². The Hall–Kier alpha value is -3.73. The lowest BCUT2D eigenvalue weighted by molar-refractivity contribution is 0.0243. The van der Waals surface area contributed by atoms with Crippen LogP contribution >= 0.6 is 0 Å². The fourth-order valence-electron chi connectivity index (χ4n) is 2.48. The smallest absolute Gasteiger partial charge is 0.413 e. The van der Waals surface area contributed by atoms with E-state index in [1.54, 1.807) is 32.9 Å². The third-order valence-electron chi connectivity index (χ3n) is 3.89. The van der Waals surface area contributed by atoms with Gasteiger partial charge in [-0.1, -0.05) is 30.3 Å². The van der Waals surface area contributed by atoms with E-state index in [2.05, 4.69) is 10.3 Å². The van der Waals surface area contributed by atoms with Crippen molar-refractivity contribution in [2.24, 2.45) is 5.73 Å². The molecule has 0 spiro atoms. The normalized spacial score (nSPS) is 10.9. The van der Waals surface area contributed by atoms with Crippen molar-refractivity contribution in [1.82, 2.24) is 14.5 Å². The van der Waals surface area contributed by atoms with Crippen molar-refractivity contribution in [2.45, 2.75) is 33.0 Å². The molecule has 0 aliphatic carbocycles. The molecule has 11 heteroatoms. The molecule has 0 bridgehead atoms. The number of hydrogen-bond acceptors (Lipinski definition) is 8. The van der Waals surface area contributed by atoms with E-state index in [-0.39, 0.29) is 25.5 Å². The van der Waals surface area contributed by atoms with Crippen LogP contribution in [0.3, 0.4) is 0 Å². The lowest BCUT2D eigenvalue weighted by Crippen LogP contribution is -2.45. The Bertz CT molecular complexity index is 1000. The number of amides is 2. The molecule has 11 nitrogen and oxygen atoms in total. The summed E-state index contributed by atoms with van der Waals surface area (Å²) < 4.78 is 11.0. The summed E-state index contributed by atoms with van der Waals surface area (Å²) in [6.45, 7) is 4.86. The molecule has 0 radical (unpaired) electrons. The van der Waals surface area contributed by atoms with E-state index in [9.17, 15) is 19.2 Å². The summed E-state index contributed by atoms with van der Waals surface area (Å²) in [6, 6.07) is 10.3. The third kappa shape index (κ3) is 7.84. The molecule has 32 heavy (non-hydrogen) atoms. The van der Waals surface area contributed by atoms with Crippen molar-refractivity contribution in [3.8, 4) is 0 Å². The molecule has 3 N–H and O–H groups in total. The van der Waals surface area contributed by atoms with Crippen molar-refractivity contribution in [1.29, 1.82) is 0 Å². The van der Waals surface area contributed by atoms with Gasteiger partial charge >= 0.3 is 17.9 Å². The van der Waals surface area contributed by atoms with Crippen molar-refractivity contribution < 1.29 is 23.9 Å². The van der Waals surface area contributed by atoms with Gasteiger partial charge in [-0.2, -0.15) is 4.98 Å². The first-order chi connectivity index (χ1) is 15.1. The highest BCUT2D eigenvalue weighted by atomic mass is 16.6. The Balaban J connectivity index is 2.00. The first-order valence-corrected chi connectivity index (χ1v) is 9.87. The van der Waals surface area contributed by atoms with Crippen LogP contribution in [0.4, 0.5) is 15.4 Å². The van der Waals surface area contributed by atoms with Gasteiger partial charge in [-0.25, -0.2) is 19.0 Å². The molecule has 1 aromatic heterocycles. The van der Waals surface area contributed by atoms with E-state index in [0.29, 0.717) is 0 Å². The minimum absolute atomic E-state index is 0.0455. The second-order valence-corrected chi connectivity index (χ2v) is 7.74. The number of nitrogens with zero attached hydrogens (tertiary/aromatic N) is 3. The van der Waals surface area contributed by atoms with Crippen LogP contribution in [-0.4, -0.2) is 57.8 Å². The zero-order valence-electron chi connectivity index (χ0n) is 18.2. The highest BCUT2D eigenvalue weighted by Crippen LogP contribution is 2.10. The Kier molecular flexibility index (Phi) is 8.47. The SMILES string of the molecule is CC(C)(C)OC(=O)N(CCN)CC(=O)n1ccc(NC(=O)OCc2ccccc2)nc1=O. The molecule has 172 valence electrons. The van der Waals surface area contributed by atoms with Crippen LogP contribution in [0.5, 0.6) is 0 Å². The molecule has 2 aromatic rings. The molecule has 1 aromatic carbocycles. The van der Waals surface area contributed by atoms with E-state index >= 15 is 0 Å². The fraction of sp³-hybridized carbons (Fsp3) is 0.381. The van der Waals surface area contributed by atoms with E-state index in [0.717, 1.165) is 21.2 Å². The average molecular weight is 445 g/mol. The van der Waals surface area contributed by atoms with Gasteiger partial charge in [-0.3, -0.25) is 15.0 Å². The maximum Gasteiger partial charge on any atom is 0.413 e. The number of carbonyl (C=O) groups is 3. The lowest BCUT2D eigenvalue weighted by atomic mass is 10.2. The van der Waals surface area contributed by atoms with Gasteiger partial charge in [0.1, 0.15) is 24.6 Å². The predicted molar refractivity (Wildman–Crippen MR) is 116 cm³/mol. The predicted octanol–water partition coefficient (Wildman–Crippen LogP) is 1.83. The largest absolute Gasteiger partial charge is 0.444 e. The molecule has 0 aliphatic heterocycles. The second-order valence-electron chi connectivity index (χ2n) is 7.74. The number of anilines is 1. The average Bonchev–Trinajstić information content (AvgIpc) is 2.71. The Morgan fingerprint density at radius 1 is 1.16 bits per heavy atom. The molecular weight excluding hydrogens is 418 g/mol. The molecule has 2 amide bonds. The summed E-state index contributed by atoms with van der Waals surface area (Å²) in [5.41, 5.74) is 4.63. The van der Waals surface area contributed by atoms with Gasteiger partial charge in [-0.05, 0) is 32.4 Å². The standard InChI is InChI=1S/C21H27N5O6/c1-21(2,3)32-20(30)25(12-10-22)13-17(27)26-11-9-16(23-18(26)28)24-19(29)31-14-15-7-5-4-6-8-15/h4-9,11H,10,12-14,22H2,1-3H3,(H,23,24,28,29). The van der Waals surface area contributed by atoms with E-state index in [1.807, 2.05) is 18.2 Å². The number of nitrogens with two attached hydrogens (primary N) is 1. The van der Waals surface area contributed by atoms with Crippen LogP contribution in [0.15, 0.2) is 47.4 Å². The van der Waals surface area contributed by atoms with Gasteiger partial charge < -0.3 is 15.2 Å². The van der Waals surface area contributed by atoms with Gasteiger partial charge in [0.25, 0.3) is 5.91 Å². The number of aromatic nitrogens is 2. The number of rotatable bonds is 7. The molecule has 0 aliphatic rings. The molecule has 0 saturated heterocycles. The summed E-state index contributed by atoms with van der Waals surface area (Å²) in [5, 5.41) is 2.33. The van der Waals surface area contributed by atoms with Gasteiger partial charge in [0.2, 0.25) is 0 Å². The molecule has 1 heterocycles. The van der Waals surface area contributed by atoms with E-state index in [1.165, 1.54) is 6.07 Å². The summed E-state index contributed by atoms with van der Waals surface area (Å²) in [5.74, 6) is -0.789. The maximum atomic E-state index is 12.5. The quantitative estimate of drug-likeness (QED) is 0.656. The highest BCUT2D eigenvalue weighted by Gasteiger charge is 2.24. The van der Waals surface area contributed by atoms with Gasteiger partial charge in [0, 0.05) is 19.3 Å². The summed E-state index contributed by atoms with van der Waals surface area (Å²) >= 11 is 0. The van der Waals surface area contributed by atoms with E-state index in [4.69, 9.17) is 15.2 Å². The number of benzene rings is 1. The molecule has 0 atom stereocenters. The molecule has 0 saturated carbocycles.